The molecule has 1 heterocycles. The molecule has 162 valence electrons. The largest absolute Gasteiger partial charge is 0.493 e. The van der Waals surface area contributed by atoms with Crippen LogP contribution in [0.5, 0.6) is 17.2 Å². The summed E-state index contributed by atoms with van der Waals surface area (Å²) in [5.41, 5.74) is 0.651. The van der Waals surface area contributed by atoms with Crippen molar-refractivity contribution in [1.82, 2.24) is 0 Å². The molecule has 0 spiro atoms. The first-order valence-corrected chi connectivity index (χ1v) is 11.0. The summed E-state index contributed by atoms with van der Waals surface area (Å²) in [4.78, 5) is 26.2. The number of hydrogen-bond donors (Lipinski definition) is 0. The van der Waals surface area contributed by atoms with Gasteiger partial charge in [0.25, 0.3) is 0 Å². The van der Waals surface area contributed by atoms with Gasteiger partial charge in [-0.2, -0.15) is 0 Å². The van der Waals surface area contributed by atoms with Crippen LogP contribution in [0.15, 0.2) is 78.8 Å². The van der Waals surface area contributed by atoms with Crippen molar-refractivity contribution in [3.05, 3.63) is 85.4 Å². The van der Waals surface area contributed by atoms with Gasteiger partial charge in [-0.05, 0) is 58.4 Å². The van der Waals surface area contributed by atoms with E-state index in [0.29, 0.717) is 37.0 Å². The zero-order valence-corrected chi connectivity index (χ0v) is 20.2. The van der Waals surface area contributed by atoms with Crippen LogP contribution in [0.25, 0.3) is 22.3 Å². The lowest BCUT2D eigenvalue weighted by atomic mass is 10.1. The lowest BCUT2D eigenvalue weighted by Crippen LogP contribution is -2.16. The van der Waals surface area contributed by atoms with Gasteiger partial charge in [-0.1, -0.05) is 34.1 Å². The summed E-state index contributed by atoms with van der Waals surface area (Å²) in [6.45, 7) is 0. The Kier molecular flexibility index (Phi) is 6.34. The van der Waals surface area contributed by atoms with E-state index in [1.54, 1.807) is 60.7 Å². The van der Waals surface area contributed by atoms with E-state index in [-0.39, 0.29) is 17.1 Å². The van der Waals surface area contributed by atoms with Crippen molar-refractivity contribution >= 4 is 48.8 Å². The highest BCUT2D eigenvalue weighted by Crippen LogP contribution is 2.41. The number of ether oxygens (including phenoxy) is 3. The number of esters is 1. The first-order chi connectivity index (χ1) is 15.4. The van der Waals surface area contributed by atoms with Gasteiger partial charge in [-0.3, -0.25) is 4.79 Å². The summed E-state index contributed by atoms with van der Waals surface area (Å²) in [6.07, 6.45) is 0. The molecule has 0 radical (unpaired) electrons. The van der Waals surface area contributed by atoms with Crippen molar-refractivity contribution in [2.45, 2.75) is 0 Å². The molecule has 4 aromatic rings. The van der Waals surface area contributed by atoms with Gasteiger partial charge in [0.1, 0.15) is 5.58 Å². The molecule has 32 heavy (non-hydrogen) atoms. The quantitative estimate of drug-likeness (QED) is 0.270. The van der Waals surface area contributed by atoms with Crippen LogP contribution in [0.3, 0.4) is 0 Å². The number of para-hydroxylation sites is 1. The Balaban J connectivity index is 1.93. The number of halogens is 2. The Bertz CT molecular complexity index is 1390. The Morgan fingerprint density at radius 2 is 1.69 bits per heavy atom. The maximum absolute atomic E-state index is 13.3. The zero-order chi connectivity index (χ0) is 22.8. The third-order valence-electron chi connectivity index (χ3n) is 4.71. The fourth-order valence-electron chi connectivity index (χ4n) is 3.22. The third-order valence-corrected chi connectivity index (χ3v) is 5.79. The number of methoxy groups -OCH3 is 2. The molecule has 0 bridgehead atoms. The summed E-state index contributed by atoms with van der Waals surface area (Å²) in [7, 11) is 3.02. The molecular weight excluding hydrogens is 544 g/mol. The highest BCUT2D eigenvalue weighted by atomic mass is 79.9. The van der Waals surface area contributed by atoms with E-state index >= 15 is 0 Å². The molecule has 0 atom stereocenters. The Hall–Kier alpha value is -3.10. The molecule has 3 aromatic carbocycles. The molecule has 1 aromatic heterocycles. The van der Waals surface area contributed by atoms with Crippen molar-refractivity contribution in [3.63, 3.8) is 0 Å². The molecule has 6 nitrogen and oxygen atoms in total. The normalized spacial score (nSPS) is 10.8. The molecule has 8 heteroatoms. The number of carbonyl (C=O) groups excluding carboxylic acids is 1. The van der Waals surface area contributed by atoms with Crippen molar-refractivity contribution in [2.75, 3.05) is 14.2 Å². The maximum atomic E-state index is 13.3. The second-order valence-electron chi connectivity index (χ2n) is 6.68. The van der Waals surface area contributed by atoms with Crippen molar-refractivity contribution in [2.24, 2.45) is 0 Å². The molecule has 0 amide bonds. The van der Waals surface area contributed by atoms with Gasteiger partial charge in [0.2, 0.25) is 11.2 Å². The number of rotatable bonds is 5. The standard InChI is InChI=1S/C24H16Br2O6/c1-29-19-12-14(11-17(26)22(19)30-2)21-23(20(27)16-8-3-4-9-18(16)31-21)32-24(28)13-6-5-7-15(25)10-13/h3-12H,1-2H3. The maximum Gasteiger partial charge on any atom is 0.343 e. The van der Waals surface area contributed by atoms with Crippen LogP contribution >= 0.6 is 31.9 Å². The van der Waals surface area contributed by atoms with Crippen LogP contribution in [0.2, 0.25) is 0 Å². The second kappa shape index (κ2) is 9.18. The average molecular weight is 560 g/mol. The minimum Gasteiger partial charge on any atom is -0.493 e. The van der Waals surface area contributed by atoms with Crippen molar-refractivity contribution < 1.29 is 23.4 Å². The van der Waals surface area contributed by atoms with E-state index in [4.69, 9.17) is 18.6 Å². The molecule has 0 N–H and O–H groups in total. The Morgan fingerprint density at radius 1 is 0.906 bits per heavy atom. The molecule has 0 fully saturated rings. The first-order valence-electron chi connectivity index (χ1n) is 9.38. The van der Waals surface area contributed by atoms with Crippen LogP contribution in [0.4, 0.5) is 0 Å². The predicted molar refractivity (Wildman–Crippen MR) is 128 cm³/mol. The van der Waals surface area contributed by atoms with Gasteiger partial charge in [0.05, 0.1) is 29.6 Å². The average Bonchev–Trinajstić information content (AvgIpc) is 2.80. The number of benzene rings is 3. The lowest BCUT2D eigenvalue weighted by molar-refractivity contribution is 0.0731. The highest BCUT2D eigenvalue weighted by Gasteiger charge is 2.23. The summed E-state index contributed by atoms with van der Waals surface area (Å²) >= 11 is 6.78. The van der Waals surface area contributed by atoms with E-state index in [2.05, 4.69) is 31.9 Å². The first kappa shape index (κ1) is 22.1. The molecule has 0 saturated carbocycles. The van der Waals surface area contributed by atoms with Crippen molar-refractivity contribution in [1.29, 1.82) is 0 Å². The smallest absolute Gasteiger partial charge is 0.343 e. The van der Waals surface area contributed by atoms with Gasteiger partial charge >= 0.3 is 5.97 Å². The minimum atomic E-state index is -0.685. The molecule has 0 unspecified atom stereocenters. The monoisotopic (exact) mass is 558 g/mol. The van der Waals surface area contributed by atoms with Crippen LogP contribution in [0, 0.1) is 0 Å². The molecule has 4 rings (SSSR count). The minimum absolute atomic E-state index is 0.0960. The fourth-order valence-corrected chi connectivity index (χ4v) is 4.23. The van der Waals surface area contributed by atoms with E-state index < -0.39 is 11.4 Å². The molecule has 0 aliphatic carbocycles. The third kappa shape index (κ3) is 4.16. The summed E-state index contributed by atoms with van der Waals surface area (Å²) < 4.78 is 23.7. The van der Waals surface area contributed by atoms with Gasteiger partial charge < -0.3 is 18.6 Å². The SMILES string of the molecule is COc1cc(-c2oc3ccccc3c(=O)c2OC(=O)c2cccc(Br)c2)cc(Br)c1OC. The van der Waals surface area contributed by atoms with Crippen LogP contribution in [-0.4, -0.2) is 20.2 Å². The van der Waals surface area contributed by atoms with E-state index in [1.165, 1.54) is 14.2 Å². The molecule has 0 saturated heterocycles. The predicted octanol–water partition coefficient (Wildman–Crippen LogP) is 6.22. The van der Waals surface area contributed by atoms with Crippen LogP contribution < -0.4 is 19.6 Å². The topological polar surface area (TPSA) is 75.0 Å². The molecule has 0 aliphatic rings. The van der Waals surface area contributed by atoms with Gasteiger partial charge in [-0.25, -0.2) is 4.79 Å². The summed E-state index contributed by atoms with van der Waals surface area (Å²) in [5, 5.41) is 0.299. The van der Waals surface area contributed by atoms with E-state index in [0.717, 1.165) is 0 Å². The second-order valence-corrected chi connectivity index (χ2v) is 8.45. The van der Waals surface area contributed by atoms with Crippen molar-refractivity contribution in [3.8, 4) is 28.6 Å². The van der Waals surface area contributed by atoms with E-state index in [9.17, 15) is 9.59 Å². The number of carbonyl (C=O) groups is 1. The Labute approximate surface area is 200 Å². The summed E-state index contributed by atoms with van der Waals surface area (Å²) in [5.74, 6) is 0.0881. The zero-order valence-electron chi connectivity index (χ0n) is 17.0. The lowest BCUT2D eigenvalue weighted by Gasteiger charge is -2.14. The number of hydrogen-bond acceptors (Lipinski definition) is 6. The van der Waals surface area contributed by atoms with Gasteiger partial charge in [-0.15, -0.1) is 0 Å². The molecule has 0 aliphatic heterocycles. The highest BCUT2D eigenvalue weighted by molar-refractivity contribution is 9.10. The fraction of sp³-hybridized carbons (Fsp3) is 0.0833. The number of fused-ring (bicyclic) bond motifs is 1. The van der Waals surface area contributed by atoms with Gasteiger partial charge in [0, 0.05) is 10.0 Å². The summed E-state index contributed by atoms with van der Waals surface area (Å²) in [6, 6.07) is 16.8. The van der Waals surface area contributed by atoms with E-state index in [1.807, 2.05) is 0 Å². The van der Waals surface area contributed by atoms with Crippen LogP contribution in [-0.2, 0) is 0 Å². The van der Waals surface area contributed by atoms with Crippen LogP contribution in [0.1, 0.15) is 10.4 Å². The Morgan fingerprint density at radius 3 is 2.41 bits per heavy atom. The molecular formula is C24H16Br2O6. The van der Waals surface area contributed by atoms with Gasteiger partial charge in [0.15, 0.2) is 17.3 Å².